The summed E-state index contributed by atoms with van der Waals surface area (Å²) in [6.45, 7) is 3.04. The van der Waals surface area contributed by atoms with Gasteiger partial charge in [-0.2, -0.15) is 0 Å². The number of anilines is 1. The van der Waals surface area contributed by atoms with Crippen LogP contribution in [0.3, 0.4) is 0 Å². The molecule has 1 aliphatic heterocycles. The van der Waals surface area contributed by atoms with E-state index in [1.807, 2.05) is 24.0 Å². The Hall–Kier alpha value is -1.95. The van der Waals surface area contributed by atoms with Gasteiger partial charge in [-0.1, -0.05) is 25.3 Å². The van der Waals surface area contributed by atoms with Gasteiger partial charge in [0.25, 0.3) is 0 Å². The number of carbonyl (C=O) groups is 2. The van der Waals surface area contributed by atoms with Crippen molar-refractivity contribution in [3.8, 4) is 0 Å². The third-order valence-corrected chi connectivity index (χ3v) is 5.39. The van der Waals surface area contributed by atoms with Crippen molar-refractivity contribution >= 4 is 17.6 Å². The summed E-state index contributed by atoms with van der Waals surface area (Å²) in [6.07, 6.45) is 6.32. The molecule has 1 atom stereocenters. The number of nitrogens with one attached hydrogen (secondary N) is 1. The molecule has 0 radical (unpaired) electrons. The van der Waals surface area contributed by atoms with Gasteiger partial charge in [0, 0.05) is 18.8 Å². The summed E-state index contributed by atoms with van der Waals surface area (Å²) in [7, 11) is 0. The minimum Gasteiger partial charge on any atom is -0.340 e. The lowest BCUT2D eigenvalue weighted by atomic mass is 9.81. The van der Waals surface area contributed by atoms with Crippen LogP contribution in [-0.2, 0) is 9.59 Å². The highest BCUT2D eigenvalue weighted by atomic mass is 16.2. The Balaban J connectivity index is 1.62. The molecule has 25 heavy (non-hydrogen) atoms. The minimum absolute atomic E-state index is 0.0263. The van der Waals surface area contributed by atoms with Gasteiger partial charge in [-0.15, -0.1) is 0 Å². The molecule has 1 unspecified atom stereocenters. The van der Waals surface area contributed by atoms with Crippen molar-refractivity contribution in [2.24, 2.45) is 11.7 Å². The number of piperidine rings is 1. The minimum atomic E-state index is -0.727. The number of hydrogen-bond donors (Lipinski definition) is 2. The summed E-state index contributed by atoms with van der Waals surface area (Å²) in [5, 5.41) is 2.88. The predicted octanol–water partition coefficient (Wildman–Crippen LogP) is 2.23. The smallest absolute Gasteiger partial charge is 0.242 e. The Bertz CT molecular complexity index is 640. The molecule has 1 aliphatic carbocycles. The van der Waals surface area contributed by atoms with E-state index in [1.165, 1.54) is 0 Å². The molecule has 3 N–H and O–H groups in total. The quantitative estimate of drug-likeness (QED) is 0.880. The fourth-order valence-electron chi connectivity index (χ4n) is 3.93. The number of nitrogens with zero attached hydrogens (tertiary/aromatic N) is 2. The fourth-order valence-corrected chi connectivity index (χ4v) is 3.93. The summed E-state index contributed by atoms with van der Waals surface area (Å²) in [5.41, 5.74) is 6.53. The summed E-state index contributed by atoms with van der Waals surface area (Å²) in [4.78, 5) is 31.6. The van der Waals surface area contributed by atoms with Crippen molar-refractivity contribution in [2.75, 3.05) is 18.4 Å². The standard InChI is InChI=1S/C19H28N4O2/c1-14-7-5-9-16(21-14)22-17(24)15-8-6-12-23(13-15)18(25)19(20)10-3-2-4-11-19/h5,7,9,15H,2-4,6,8,10-13,20H2,1H3,(H,21,22,24). The number of hydrogen-bond acceptors (Lipinski definition) is 4. The molecule has 0 spiro atoms. The molecular weight excluding hydrogens is 316 g/mol. The number of aryl methyl sites for hydroxylation is 1. The van der Waals surface area contributed by atoms with Gasteiger partial charge in [-0.25, -0.2) is 4.98 Å². The largest absolute Gasteiger partial charge is 0.340 e. The maximum atomic E-state index is 12.9. The van der Waals surface area contributed by atoms with Crippen molar-refractivity contribution in [1.29, 1.82) is 0 Å². The molecule has 1 aromatic rings. The van der Waals surface area contributed by atoms with E-state index >= 15 is 0 Å². The number of likely N-dealkylation sites (tertiary alicyclic amines) is 1. The van der Waals surface area contributed by atoms with Gasteiger partial charge in [0.1, 0.15) is 5.82 Å². The molecule has 1 aromatic heterocycles. The average molecular weight is 344 g/mol. The topological polar surface area (TPSA) is 88.3 Å². The molecule has 2 aliphatic rings. The zero-order chi connectivity index (χ0) is 17.9. The number of pyridine rings is 1. The summed E-state index contributed by atoms with van der Waals surface area (Å²) >= 11 is 0. The van der Waals surface area contributed by atoms with Crippen LogP contribution in [0.1, 0.15) is 50.6 Å². The molecule has 2 fully saturated rings. The molecule has 136 valence electrons. The van der Waals surface area contributed by atoms with E-state index in [0.29, 0.717) is 18.9 Å². The zero-order valence-electron chi connectivity index (χ0n) is 15.0. The zero-order valence-corrected chi connectivity index (χ0v) is 15.0. The van der Waals surface area contributed by atoms with E-state index in [2.05, 4.69) is 10.3 Å². The third kappa shape index (κ3) is 4.18. The van der Waals surface area contributed by atoms with E-state index in [4.69, 9.17) is 5.73 Å². The van der Waals surface area contributed by atoms with Crippen LogP contribution in [0.5, 0.6) is 0 Å². The third-order valence-electron chi connectivity index (χ3n) is 5.39. The summed E-state index contributed by atoms with van der Waals surface area (Å²) < 4.78 is 0. The van der Waals surface area contributed by atoms with E-state index in [9.17, 15) is 9.59 Å². The van der Waals surface area contributed by atoms with Gasteiger partial charge in [-0.3, -0.25) is 9.59 Å². The number of nitrogens with two attached hydrogens (primary N) is 1. The highest BCUT2D eigenvalue weighted by Crippen LogP contribution is 2.29. The molecule has 1 saturated heterocycles. The van der Waals surface area contributed by atoms with Gasteiger partial charge in [0.15, 0.2) is 0 Å². The van der Waals surface area contributed by atoms with Gasteiger partial charge < -0.3 is 16.0 Å². The monoisotopic (exact) mass is 344 g/mol. The lowest BCUT2D eigenvalue weighted by Gasteiger charge is -2.40. The number of rotatable bonds is 3. The molecule has 0 bridgehead atoms. The number of carbonyl (C=O) groups excluding carboxylic acids is 2. The Kier molecular flexibility index (Phi) is 5.37. The van der Waals surface area contributed by atoms with Gasteiger partial charge in [-0.05, 0) is 44.7 Å². The van der Waals surface area contributed by atoms with Gasteiger partial charge in [0.05, 0.1) is 11.5 Å². The highest BCUT2D eigenvalue weighted by molar-refractivity contribution is 5.93. The van der Waals surface area contributed by atoms with Crippen molar-refractivity contribution in [3.05, 3.63) is 23.9 Å². The van der Waals surface area contributed by atoms with E-state index in [0.717, 1.165) is 50.6 Å². The number of amides is 2. The second-order valence-electron chi connectivity index (χ2n) is 7.46. The van der Waals surface area contributed by atoms with E-state index in [-0.39, 0.29) is 17.7 Å². The van der Waals surface area contributed by atoms with Crippen LogP contribution in [0, 0.1) is 12.8 Å². The molecule has 3 rings (SSSR count). The average Bonchev–Trinajstić information content (AvgIpc) is 2.62. The van der Waals surface area contributed by atoms with Crippen LogP contribution in [0.25, 0.3) is 0 Å². The Labute approximate surface area is 149 Å². The first-order valence-corrected chi connectivity index (χ1v) is 9.31. The molecule has 6 nitrogen and oxygen atoms in total. The van der Waals surface area contributed by atoms with Crippen molar-refractivity contribution < 1.29 is 9.59 Å². The fraction of sp³-hybridized carbons (Fsp3) is 0.632. The Morgan fingerprint density at radius 2 is 2.00 bits per heavy atom. The van der Waals surface area contributed by atoms with Crippen LogP contribution in [0.15, 0.2) is 18.2 Å². The van der Waals surface area contributed by atoms with Crippen LogP contribution in [0.2, 0.25) is 0 Å². The van der Waals surface area contributed by atoms with Crippen LogP contribution >= 0.6 is 0 Å². The van der Waals surface area contributed by atoms with Crippen molar-refractivity contribution in [2.45, 2.75) is 57.4 Å². The van der Waals surface area contributed by atoms with Gasteiger partial charge in [0.2, 0.25) is 11.8 Å². The van der Waals surface area contributed by atoms with E-state index in [1.54, 1.807) is 6.07 Å². The molecule has 0 aromatic carbocycles. The number of aromatic nitrogens is 1. The second-order valence-corrected chi connectivity index (χ2v) is 7.46. The van der Waals surface area contributed by atoms with Crippen LogP contribution < -0.4 is 11.1 Å². The Morgan fingerprint density at radius 1 is 1.24 bits per heavy atom. The van der Waals surface area contributed by atoms with Crippen LogP contribution in [-0.4, -0.2) is 40.3 Å². The molecular formula is C19H28N4O2. The van der Waals surface area contributed by atoms with E-state index < -0.39 is 5.54 Å². The Morgan fingerprint density at radius 3 is 2.72 bits per heavy atom. The normalized spacial score (nSPS) is 23.1. The van der Waals surface area contributed by atoms with Crippen molar-refractivity contribution in [1.82, 2.24) is 9.88 Å². The van der Waals surface area contributed by atoms with Crippen LogP contribution in [0.4, 0.5) is 5.82 Å². The predicted molar refractivity (Wildman–Crippen MR) is 96.9 cm³/mol. The molecule has 6 heteroatoms. The lowest BCUT2D eigenvalue weighted by molar-refractivity contribution is -0.141. The summed E-state index contributed by atoms with van der Waals surface area (Å²) in [6, 6.07) is 5.55. The maximum absolute atomic E-state index is 12.9. The SMILES string of the molecule is Cc1cccc(NC(=O)C2CCCN(C(=O)C3(N)CCCCC3)C2)n1. The van der Waals surface area contributed by atoms with Crippen molar-refractivity contribution in [3.63, 3.8) is 0 Å². The molecule has 2 amide bonds. The summed E-state index contributed by atoms with van der Waals surface area (Å²) in [5.74, 6) is 0.326. The molecule has 2 heterocycles. The first-order valence-electron chi connectivity index (χ1n) is 9.31. The van der Waals surface area contributed by atoms with Gasteiger partial charge >= 0.3 is 0 Å². The first kappa shape index (κ1) is 17.9. The second kappa shape index (κ2) is 7.52. The maximum Gasteiger partial charge on any atom is 0.242 e. The lowest BCUT2D eigenvalue weighted by Crippen LogP contribution is -2.58. The highest BCUT2D eigenvalue weighted by Gasteiger charge is 2.40. The molecule has 1 saturated carbocycles. The first-order chi connectivity index (χ1) is 12.0.